The van der Waals surface area contributed by atoms with Gasteiger partial charge in [0.2, 0.25) is 0 Å². The fourth-order valence-electron chi connectivity index (χ4n) is 2.80. The van der Waals surface area contributed by atoms with Gasteiger partial charge in [-0.15, -0.1) is 0 Å². The van der Waals surface area contributed by atoms with Gasteiger partial charge in [-0.25, -0.2) is 0 Å². The molecular weight excluding hydrogens is 384 g/mol. The van der Waals surface area contributed by atoms with E-state index in [0.717, 1.165) is 11.1 Å². The van der Waals surface area contributed by atoms with Crippen LogP contribution in [0.4, 0.5) is 11.4 Å². The summed E-state index contributed by atoms with van der Waals surface area (Å²) in [5.41, 5.74) is 2.91. The van der Waals surface area contributed by atoms with Crippen molar-refractivity contribution >= 4 is 23.1 Å². The number of ether oxygens (including phenoxy) is 1. The summed E-state index contributed by atoms with van der Waals surface area (Å²) in [6.45, 7) is 3.82. The van der Waals surface area contributed by atoms with Gasteiger partial charge in [-0.1, -0.05) is 24.3 Å². The number of nitro groups is 1. The van der Waals surface area contributed by atoms with E-state index < -0.39 is 10.8 Å². The second-order valence-corrected chi connectivity index (χ2v) is 6.76. The molecule has 0 unspecified atom stereocenters. The van der Waals surface area contributed by atoms with Crippen LogP contribution in [-0.4, -0.2) is 23.2 Å². The Bertz CT molecular complexity index is 1110. The molecule has 3 aromatic rings. The SMILES string of the molecule is Cc1ccc(C(=O)COc2ccc(NC(=O)c3ccccc3[N+](=O)[O-])cc2)cc1C. The molecule has 3 rings (SSSR count). The van der Waals surface area contributed by atoms with Crippen LogP contribution < -0.4 is 10.1 Å². The topological polar surface area (TPSA) is 98.5 Å². The second-order valence-electron chi connectivity index (χ2n) is 6.76. The molecule has 1 N–H and O–H groups in total. The fraction of sp³-hybridized carbons (Fsp3) is 0.130. The highest BCUT2D eigenvalue weighted by atomic mass is 16.6. The first-order valence-electron chi connectivity index (χ1n) is 9.23. The average Bonchev–Trinajstić information content (AvgIpc) is 2.74. The first-order valence-corrected chi connectivity index (χ1v) is 9.23. The third-order valence-electron chi connectivity index (χ3n) is 4.66. The first kappa shape index (κ1) is 20.7. The number of rotatable bonds is 7. The number of aryl methyl sites for hydroxylation is 2. The van der Waals surface area contributed by atoms with Gasteiger partial charge < -0.3 is 10.1 Å². The van der Waals surface area contributed by atoms with Crippen LogP contribution in [0.5, 0.6) is 5.75 Å². The lowest BCUT2D eigenvalue weighted by Gasteiger charge is -2.09. The fourth-order valence-corrected chi connectivity index (χ4v) is 2.80. The van der Waals surface area contributed by atoms with Crippen molar-refractivity contribution in [1.29, 1.82) is 0 Å². The molecule has 0 aliphatic heterocycles. The highest BCUT2D eigenvalue weighted by Crippen LogP contribution is 2.21. The monoisotopic (exact) mass is 404 g/mol. The van der Waals surface area contributed by atoms with Gasteiger partial charge in [-0.05, 0) is 61.4 Å². The molecule has 0 radical (unpaired) electrons. The van der Waals surface area contributed by atoms with Gasteiger partial charge in [0.1, 0.15) is 11.3 Å². The minimum absolute atomic E-state index is 0.0261. The van der Waals surface area contributed by atoms with E-state index in [4.69, 9.17) is 4.74 Å². The summed E-state index contributed by atoms with van der Waals surface area (Å²) in [5, 5.41) is 13.7. The Balaban J connectivity index is 1.61. The molecule has 0 aromatic heterocycles. The standard InChI is InChI=1S/C23H20N2O5/c1-15-7-8-17(13-16(15)2)22(26)14-30-19-11-9-18(10-12-19)24-23(27)20-5-3-4-6-21(20)25(28)29/h3-13H,14H2,1-2H3,(H,24,27). The van der Waals surface area contributed by atoms with Crippen molar-refractivity contribution in [3.8, 4) is 5.75 Å². The van der Waals surface area contributed by atoms with E-state index in [1.165, 1.54) is 18.2 Å². The van der Waals surface area contributed by atoms with Crippen molar-refractivity contribution in [3.63, 3.8) is 0 Å². The third-order valence-corrected chi connectivity index (χ3v) is 4.66. The van der Waals surface area contributed by atoms with Crippen LogP contribution in [0.1, 0.15) is 31.8 Å². The van der Waals surface area contributed by atoms with Gasteiger partial charge in [-0.2, -0.15) is 0 Å². The molecule has 0 aliphatic carbocycles. The molecule has 0 spiro atoms. The van der Waals surface area contributed by atoms with Crippen molar-refractivity contribution in [1.82, 2.24) is 0 Å². The lowest BCUT2D eigenvalue weighted by molar-refractivity contribution is -0.385. The molecule has 0 heterocycles. The number of ketones is 1. The number of nitro benzene ring substituents is 1. The number of para-hydroxylation sites is 1. The molecule has 3 aromatic carbocycles. The maximum Gasteiger partial charge on any atom is 0.282 e. The molecule has 0 aliphatic rings. The van der Waals surface area contributed by atoms with E-state index in [9.17, 15) is 19.7 Å². The quantitative estimate of drug-likeness (QED) is 0.349. The molecule has 1 amide bonds. The number of anilines is 1. The van der Waals surface area contributed by atoms with E-state index >= 15 is 0 Å². The number of carbonyl (C=O) groups is 2. The van der Waals surface area contributed by atoms with E-state index in [1.807, 2.05) is 26.0 Å². The van der Waals surface area contributed by atoms with Crippen molar-refractivity contribution in [2.24, 2.45) is 0 Å². The lowest BCUT2D eigenvalue weighted by Crippen LogP contribution is -2.14. The zero-order chi connectivity index (χ0) is 21.7. The second kappa shape index (κ2) is 9.00. The number of hydrogen-bond donors (Lipinski definition) is 1. The number of nitrogens with one attached hydrogen (secondary N) is 1. The molecule has 7 heteroatoms. The number of Topliss-reactive ketones (excluding diaryl/α,β-unsaturated/α-hetero) is 1. The summed E-state index contributed by atoms with van der Waals surface area (Å²) in [6, 6.07) is 17.7. The zero-order valence-electron chi connectivity index (χ0n) is 16.5. The molecule has 7 nitrogen and oxygen atoms in total. The first-order chi connectivity index (χ1) is 14.3. The minimum Gasteiger partial charge on any atom is -0.485 e. The number of benzene rings is 3. The van der Waals surface area contributed by atoms with E-state index in [-0.39, 0.29) is 23.6 Å². The molecule has 0 saturated carbocycles. The molecule has 152 valence electrons. The summed E-state index contributed by atoms with van der Waals surface area (Å²) < 4.78 is 5.54. The Morgan fingerprint density at radius 3 is 2.33 bits per heavy atom. The Labute approximate surface area is 173 Å². The van der Waals surface area contributed by atoms with Gasteiger partial charge in [0.25, 0.3) is 11.6 Å². The summed E-state index contributed by atoms with van der Waals surface area (Å²) >= 11 is 0. The predicted octanol–water partition coefficient (Wildman–Crippen LogP) is 4.73. The number of hydrogen-bond acceptors (Lipinski definition) is 5. The molecule has 0 fully saturated rings. The van der Waals surface area contributed by atoms with Gasteiger partial charge in [0.05, 0.1) is 4.92 Å². The van der Waals surface area contributed by atoms with Gasteiger partial charge in [-0.3, -0.25) is 19.7 Å². The van der Waals surface area contributed by atoms with E-state index in [2.05, 4.69) is 5.32 Å². The highest BCUT2D eigenvalue weighted by Gasteiger charge is 2.19. The van der Waals surface area contributed by atoms with Crippen LogP contribution in [0.15, 0.2) is 66.7 Å². The zero-order valence-corrected chi connectivity index (χ0v) is 16.5. The highest BCUT2D eigenvalue weighted by molar-refractivity contribution is 6.07. The van der Waals surface area contributed by atoms with Crippen molar-refractivity contribution in [3.05, 3.63) is 99.1 Å². The van der Waals surface area contributed by atoms with E-state index in [0.29, 0.717) is 17.0 Å². The predicted molar refractivity (Wildman–Crippen MR) is 113 cm³/mol. The molecular formula is C23H20N2O5. The van der Waals surface area contributed by atoms with Crippen LogP contribution >= 0.6 is 0 Å². The van der Waals surface area contributed by atoms with Crippen LogP contribution in [-0.2, 0) is 0 Å². The average molecular weight is 404 g/mol. The van der Waals surface area contributed by atoms with Gasteiger partial charge >= 0.3 is 0 Å². The normalized spacial score (nSPS) is 10.3. The van der Waals surface area contributed by atoms with Crippen molar-refractivity contribution in [2.45, 2.75) is 13.8 Å². The smallest absolute Gasteiger partial charge is 0.282 e. The van der Waals surface area contributed by atoms with Crippen LogP contribution in [0.2, 0.25) is 0 Å². The summed E-state index contributed by atoms with van der Waals surface area (Å²) in [6.07, 6.45) is 0. The van der Waals surface area contributed by atoms with Gasteiger partial charge in [0, 0.05) is 17.3 Å². The Kier molecular flexibility index (Phi) is 6.22. The lowest BCUT2D eigenvalue weighted by atomic mass is 10.0. The number of amides is 1. The van der Waals surface area contributed by atoms with Crippen molar-refractivity contribution in [2.75, 3.05) is 11.9 Å². The Hall–Kier alpha value is -4.00. The molecule has 0 bridgehead atoms. The van der Waals surface area contributed by atoms with Crippen LogP contribution in [0.25, 0.3) is 0 Å². The maximum atomic E-state index is 12.4. The summed E-state index contributed by atoms with van der Waals surface area (Å²) in [4.78, 5) is 35.1. The molecule has 0 saturated heterocycles. The molecule has 0 atom stereocenters. The Morgan fingerprint density at radius 2 is 1.67 bits per heavy atom. The summed E-state index contributed by atoms with van der Waals surface area (Å²) in [5.74, 6) is -0.247. The minimum atomic E-state index is -0.599. The van der Waals surface area contributed by atoms with Crippen LogP contribution in [0, 0.1) is 24.0 Å². The third kappa shape index (κ3) is 4.88. The summed E-state index contributed by atoms with van der Waals surface area (Å²) in [7, 11) is 0. The Morgan fingerprint density at radius 1 is 0.967 bits per heavy atom. The largest absolute Gasteiger partial charge is 0.485 e. The number of carbonyl (C=O) groups excluding carboxylic acids is 2. The maximum absolute atomic E-state index is 12.4. The number of nitrogens with zero attached hydrogens (tertiary/aromatic N) is 1. The van der Waals surface area contributed by atoms with Crippen LogP contribution in [0.3, 0.4) is 0 Å². The van der Waals surface area contributed by atoms with Crippen molar-refractivity contribution < 1.29 is 19.2 Å². The van der Waals surface area contributed by atoms with E-state index in [1.54, 1.807) is 36.4 Å². The van der Waals surface area contributed by atoms with Gasteiger partial charge in [0.15, 0.2) is 12.4 Å². The molecule has 30 heavy (non-hydrogen) atoms.